The molecule has 0 spiro atoms. The molecule has 0 fully saturated rings. The molecule has 0 bridgehead atoms. The summed E-state index contributed by atoms with van der Waals surface area (Å²) in [6, 6.07) is 16.8. The van der Waals surface area contributed by atoms with Crippen molar-refractivity contribution in [1.29, 1.82) is 0 Å². The molecule has 0 N–H and O–H groups in total. The van der Waals surface area contributed by atoms with Crippen LogP contribution in [0.4, 0.5) is 0 Å². The second-order valence-corrected chi connectivity index (χ2v) is 18.8. The molecule has 0 aliphatic carbocycles. The van der Waals surface area contributed by atoms with Gasteiger partial charge in [0.1, 0.15) is 0 Å². The van der Waals surface area contributed by atoms with E-state index in [4.69, 9.17) is 22.2 Å². The number of hydrogen-bond donors (Lipinski definition) is 0. The Hall–Kier alpha value is -0.286. The van der Waals surface area contributed by atoms with Crippen LogP contribution in [0.25, 0.3) is 10.8 Å². The first-order valence-corrected chi connectivity index (χ1v) is 14.6. The van der Waals surface area contributed by atoms with E-state index in [1.807, 2.05) is 0 Å². The van der Waals surface area contributed by atoms with Gasteiger partial charge in [-0.2, -0.15) is 0 Å². The van der Waals surface area contributed by atoms with Crippen molar-refractivity contribution in [2.24, 2.45) is 0 Å². The van der Waals surface area contributed by atoms with Crippen molar-refractivity contribution in [3.8, 4) is 0 Å². The molecule has 0 amide bonds. The molecule has 2 aromatic rings. The van der Waals surface area contributed by atoms with Gasteiger partial charge in [-0.15, -0.1) is 22.2 Å². The zero-order valence-corrected chi connectivity index (χ0v) is 15.2. The van der Waals surface area contributed by atoms with E-state index < -0.39 is 14.8 Å². The highest BCUT2D eigenvalue weighted by molar-refractivity contribution is 7.51. The van der Waals surface area contributed by atoms with Gasteiger partial charge in [0.05, 0.1) is 0 Å². The van der Waals surface area contributed by atoms with E-state index >= 15 is 0 Å². The van der Waals surface area contributed by atoms with Crippen LogP contribution in [-0.2, 0) is 0 Å². The first kappa shape index (κ1) is 15.1. The smallest absolute Gasteiger partial charge is 0.140 e. The summed E-state index contributed by atoms with van der Waals surface area (Å²) in [5.41, 5.74) is 0. The zero-order valence-electron chi connectivity index (χ0n) is 11.7. The maximum Gasteiger partial charge on any atom is 0.281 e. The molecule has 2 aromatic carbocycles. The maximum atomic E-state index is 6.77. The summed E-state index contributed by atoms with van der Waals surface area (Å²) in [4.78, 5) is 0. The average Bonchev–Trinajstić information content (AvgIpc) is 2.35. The molecule has 0 atom stereocenters. The highest BCUT2D eigenvalue weighted by Crippen LogP contribution is 2.29. The molecule has 0 saturated carbocycles. The molecule has 4 heteroatoms. The number of hydrogen-bond acceptors (Lipinski definition) is 0. The Morgan fingerprint density at radius 2 is 1.47 bits per heavy atom. The van der Waals surface area contributed by atoms with Crippen LogP contribution in [0.5, 0.6) is 0 Å². The normalized spacial score (nSPS) is 12.9. The van der Waals surface area contributed by atoms with Crippen molar-refractivity contribution in [2.45, 2.75) is 31.7 Å². The summed E-state index contributed by atoms with van der Waals surface area (Å²) in [6.07, 6.45) is 0. The van der Waals surface area contributed by atoms with E-state index in [0.29, 0.717) is 0 Å². The minimum Gasteiger partial charge on any atom is -0.140 e. The molecule has 0 unspecified atom stereocenters. The molecule has 19 heavy (non-hydrogen) atoms. The van der Waals surface area contributed by atoms with Crippen molar-refractivity contribution < 1.29 is 0 Å². The van der Waals surface area contributed by atoms with Crippen LogP contribution in [0.1, 0.15) is 0 Å². The monoisotopic (exact) mass is 326 g/mol. The molecule has 0 aromatic heterocycles. The Morgan fingerprint density at radius 1 is 0.842 bits per heavy atom. The van der Waals surface area contributed by atoms with Crippen molar-refractivity contribution in [2.75, 3.05) is 0 Å². The van der Waals surface area contributed by atoms with E-state index in [1.54, 1.807) is 0 Å². The predicted octanol–water partition coefficient (Wildman–Crippen LogP) is 5.30. The Kier molecular flexibility index (Phi) is 4.46. The summed E-state index contributed by atoms with van der Waals surface area (Å²) < 4.78 is 0. The molecule has 0 aliphatic rings. The van der Waals surface area contributed by atoms with E-state index in [2.05, 4.69) is 62.1 Å². The number of halogens is 2. The Bertz CT molecular complexity index is 568. The third-order valence-electron chi connectivity index (χ3n) is 3.37. The molecular weight excluding hydrogens is 307 g/mol. The highest BCUT2D eigenvalue weighted by Gasteiger charge is 2.34. The van der Waals surface area contributed by atoms with Crippen LogP contribution >= 0.6 is 22.2 Å². The fraction of sp³-hybridized carbons (Fsp3) is 0.333. The quantitative estimate of drug-likeness (QED) is 0.528. The first-order chi connectivity index (χ1) is 8.80. The van der Waals surface area contributed by atoms with Crippen molar-refractivity contribution in [3.63, 3.8) is 0 Å². The summed E-state index contributed by atoms with van der Waals surface area (Å²) in [5.74, 6) is 0. The average molecular weight is 327 g/mol. The summed E-state index contributed by atoms with van der Waals surface area (Å²) >= 11 is 13.5. The molecule has 0 saturated heterocycles. The molecular formula is C15H20Cl2Si2. The van der Waals surface area contributed by atoms with Crippen molar-refractivity contribution >= 4 is 52.9 Å². The van der Waals surface area contributed by atoms with Crippen LogP contribution in [0, 0.1) is 0 Å². The lowest BCUT2D eigenvalue weighted by Crippen LogP contribution is -2.38. The fourth-order valence-electron chi connectivity index (χ4n) is 2.21. The van der Waals surface area contributed by atoms with Crippen molar-refractivity contribution in [3.05, 3.63) is 42.5 Å². The Morgan fingerprint density at radius 3 is 2.16 bits per heavy atom. The fourth-order valence-corrected chi connectivity index (χ4v) is 10.4. The van der Waals surface area contributed by atoms with Gasteiger partial charge >= 0.3 is 0 Å². The zero-order chi connectivity index (χ0) is 14.1. The highest BCUT2D eigenvalue weighted by atomic mass is 35.7. The third-order valence-corrected chi connectivity index (χ3v) is 10.1. The SMILES string of the molecule is C[Si](C)(C)CC[Si](Cl)(Cl)c1cccc2ccccc12. The molecule has 0 heterocycles. The molecule has 0 aliphatic heterocycles. The summed E-state index contributed by atoms with van der Waals surface area (Å²) in [6.45, 7) is 4.73. The topological polar surface area (TPSA) is 0 Å². The Balaban J connectivity index is 2.37. The predicted molar refractivity (Wildman–Crippen MR) is 94.0 cm³/mol. The van der Waals surface area contributed by atoms with Crippen molar-refractivity contribution in [1.82, 2.24) is 0 Å². The minimum atomic E-state index is -2.37. The first-order valence-electron chi connectivity index (χ1n) is 6.66. The molecule has 0 nitrogen and oxygen atoms in total. The number of rotatable bonds is 4. The van der Waals surface area contributed by atoms with E-state index in [-0.39, 0.29) is 0 Å². The number of benzene rings is 2. The van der Waals surface area contributed by atoms with Crippen LogP contribution in [0.3, 0.4) is 0 Å². The van der Waals surface area contributed by atoms with Gasteiger partial charge in [-0.25, -0.2) is 0 Å². The second kappa shape index (κ2) is 5.60. The van der Waals surface area contributed by atoms with Crippen LogP contribution < -0.4 is 5.19 Å². The molecule has 0 radical (unpaired) electrons. The summed E-state index contributed by atoms with van der Waals surface area (Å²) in [5, 5.41) is 3.62. The lowest BCUT2D eigenvalue weighted by molar-refractivity contribution is 1.32. The lowest BCUT2D eigenvalue weighted by atomic mass is 10.1. The number of fused-ring (bicyclic) bond motifs is 1. The molecule has 102 valence electrons. The van der Waals surface area contributed by atoms with Gasteiger partial charge in [0.15, 0.2) is 0 Å². The third kappa shape index (κ3) is 3.85. The van der Waals surface area contributed by atoms with E-state index in [9.17, 15) is 0 Å². The second-order valence-electron chi connectivity index (χ2n) is 6.29. The van der Waals surface area contributed by atoms with Crippen LogP contribution in [-0.4, -0.2) is 14.8 Å². The van der Waals surface area contributed by atoms with E-state index in [0.717, 1.165) is 6.04 Å². The molecule has 2 rings (SSSR count). The van der Waals surface area contributed by atoms with Gasteiger partial charge in [-0.3, -0.25) is 0 Å². The standard InChI is InChI=1S/C15H20Cl2Si2/c1-18(2,3)11-12-19(16,17)15-10-6-8-13-7-4-5-9-14(13)15/h4-10H,11-12H2,1-3H3. The van der Waals surface area contributed by atoms with Gasteiger partial charge < -0.3 is 0 Å². The lowest BCUT2D eigenvalue weighted by Gasteiger charge is -2.23. The van der Waals surface area contributed by atoms with Gasteiger partial charge in [-0.05, 0) is 22.0 Å². The van der Waals surface area contributed by atoms with Gasteiger partial charge in [0.2, 0.25) is 0 Å². The van der Waals surface area contributed by atoms with Crippen LogP contribution in [0.15, 0.2) is 42.5 Å². The van der Waals surface area contributed by atoms with Gasteiger partial charge in [0, 0.05) is 8.07 Å². The maximum absolute atomic E-state index is 6.77. The van der Waals surface area contributed by atoms with Gasteiger partial charge in [0.25, 0.3) is 6.69 Å². The van der Waals surface area contributed by atoms with Crippen LogP contribution in [0.2, 0.25) is 31.7 Å². The Labute approximate surface area is 127 Å². The summed E-state index contributed by atoms with van der Waals surface area (Å²) in [7, 11) is -1.10. The van der Waals surface area contributed by atoms with E-state index in [1.165, 1.54) is 22.0 Å². The minimum absolute atomic E-state index is 0.958. The largest absolute Gasteiger partial charge is 0.281 e. The van der Waals surface area contributed by atoms with Gasteiger partial charge in [-0.1, -0.05) is 68.1 Å².